The molecule has 7 nitrogen and oxygen atoms in total. The van der Waals surface area contributed by atoms with Crippen molar-refractivity contribution in [3.05, 3.63) is 52.9 Å². The van der Waals surface area contributed by atoms with Crippen molar-refractivity contribution in [3.8, 4) is 0 Å². The third-order valence-electron chi connectivity index (χ3n) is 4.57. The van der Waals surface area contributed by atoms with Crippen molar-refractivity contribution >= 4 is 29.6 Å². The van der Waals surface area contributed by atoms with Crippen LogP contribution in [-0.2, 0) is 14.3 Å². The largest absolute Gasteiger partial charge is 0.490 e. The number of carbonyl (C=O) groups is 1. The Morgan fingerprint density at radius 1 is 1.37 bits per heavy atom. The molecule has 0 aromatic heterocycles. The lowest BCUT2D eigenvalue weighted by Gasteiger charge is -2.19. The Balaban J connectivity index is 1.65. The summed E-state index contributed by atoms with van der Waals surface area (Å²) in [6.07, 6.45) is 4.60. The zero-order valence-corrected chi connectivity index (χ0v) is 16.0. The lowest BCUT2D eigenvalue weighted by atomic mass is 10.1. The zero-order valence-electron chi connectivity index (χ0n) is 15.2. The van der Waals surface area contributed by atoms with Gasteiger partial charge >= 0.3 is 6.09 Å². The third-order valence-corrected chi connectivity index (χ3v) is 4.82. The first-order valence-electron chi connectivity index (χ1n) is 8.61. The van der Waals surface area contributed by atoms with E-state index >= 15 is 0 Å². The van der Waals surface area contributed by atoms with E-state index in [9.17, 15) is 4.79 Å². The van der Waals surface area contributed by atoms with E-state index in [2.05, 4.69) is 4.90 Å². The lowest BCUT2D eigenvalue weighted by molar-refractivity contribution is -0.0888. The Labute approximate surface area is 163 Å². The van der Waals surface area contributed by atoms with Crippen molar-refractivity contribution in [1.82, 2.24) is 5.06 Å². The van der Waals surface area contributed by atoms with Crippen molar-refractivity contribution < 1.29 is 19.1 Å². The number of ether oxygens (including phenoxy) is 2. The second-order valence-electron chi connectivity index (χ2n) is 6.28. The summed E-state index contributed by atoms with van der Waals surface area (Å²) >= 11 is 5.96. The molecule has 144 valence electrons. The van der Waals surface area contributed by atoms with Crippen molar-refractivity contribution in [2.75, 3.05) is 25.2 Å². The van der Waals surface area contributed by atoms with E-state index < -0.39 is 18.2 Å². The fraction of sp³-hybridized carbons (Fsp3) is 0.368. The molecule has 0 aliphatic carbocycles. The van der Waals surface area contributed by atoms with Gasteiger partial charge in [0.1, 0.15) is 18.4 Å². The number of benzene rings is 1. The van der Waals surface area contributed by atoms with Crippen LogP contribution in [-0.4, -0.2) is 49.8 Å². The zero-order chi connectivity index (χ0) is 19.4. The van der Waals surface area contributed by atoms with Crippen LogP contribution >= 0.6 is 11.6 Å². The van der Waals surface area contributed by atoms with Gasteiger partial charge in [-0.25, -0.2) is 4.79 Å². The van der Waals surface area contributed by atoms with Gasteiger partial charge in [-0.1, -0.05) is 11.6 Å². The molecule has 1 fully saturated rings. The van der Waals surface area contributed by atoms with Crippen molar-refractivity contribution in [3.63, 3.8) is 0 Å². The van der Waals surface area contributed by atoms with Crippen LogP contribution in [0, 0.1) is 5.41 Å². The molecule has 2 heterocycles. The minimum Gasteiger partial charge on any atom is -0.490 e. The molecule has 1 saturated heterocycles. The molecule has 0 radical (unpaired) electrons. The number of nitrogens with zero attached hydrogens (tertiary/aromatic N) is 2. The Morgan fingerprint density at radius 3 is 2.78 bits per heavy atom. The van der Waals surface area contributed by atoms with E-state index in [0.29, 0.717) is 5.02 Å². The van der Waals surface area contributed by atoms with Gasteiger partial charge in [-0.15, -0.1) is 0 Å². The fourth-order valence-corrected chi connectivity index (χ4v) is 3.13. The minimum atomic E-state index is -0.615. The Hall–Kier alpha value is -2.51. The highest BCUT2D eigenvalue weighted by Crippen LogP contribution is 2.25. The molecule has 1 amide bonds. The Morgan fingerprint density at radius 2 is 2.11 bits per heavy atom. The molecule has 2 atom stereocenters. The minimum absolute atomic E-state index is 0.142. The number of nitrogens with one attached hydrogen (secondary N) is 1. The number of carbonyl (C=O) groups excluding carboxylic acids is 1. The number of anilines is 1. The van der Waals surface area contributed by atoms with Crippen LogP contribution in [0.15, 0.2) is 47.9 Å². The smallest absolute Gasteiger partial charge is 0.435 e. The van der Waals surface area contributed by atoms with Gasteiger partial charge in [-0.2, -0.15) is 5.06 Å². The fourth-order valence-electron chi connectivity index (χ4n) is 3.00. The van der Waals surface area contributed by atoms with Crippen LogP contribution in [0.2, 0.25) is 5.02 Å². The van der Waals surface area contributed by atoms with Gasteiger partial charge in [0.15, 0.2) is 6.10 Å². The molecular weight excluding hydrogens is 370 g/mol. The molecule has 2 unspecified atom stereocenters. The van der Waals surface area contributed by atoms with Crippen LogP contribution in [0.25, 0.3) is 0 Å². The SMILES string of the molecule is CON1C(=O)OC(COC2=C(C)CCN(c3ccc(Cl)cc3)C=C2)C1C=N. The van der Waals surface area contributed by atoms with E-state index in [4.69, 9.17) is 31.3 Å². The monoisotopic (exact) mass is 391 g/mol. The molecule has 1 aromatic rings. The highest BCUT2D eigenvalue weighted by Gasteiger charge is 2.42. The maximum Gasteiger partial charge on any atom is 0.435 e. The van der Waals surface area contributed by atoms with E-state index in [1.54, 1.807) is 0 Å². The molecule has 8 heteroatoms. The van der Waals surface area contributed by atoms with Gasteiger partial charge in [-0.3, -0.25) is 4.84 Å². The molecule has 0 saturated carbocycles. The second-order valence-corrected chi connectivity index (χ2v) is 6.72. The molecule has 3 rings (SSSR count). The average molecular weight is 392 g/mol. The molecule has 2 aliphatic heterocycles. The summed E-state index contributed by atoms with van der Waals surface area (Å²) in [6.45, 7) is 2.97. The summed E-state index contributed by atoms with van der Waals surface area (Å²) in [6, 6.07) is 7.06. The van der Waals surface area contributed by atoms with E-state index in [1.807, 2.05) is 43.5 Å². The third kappa shape index (κ3) is 4.26. The topological polar surface area (TPSA) is 75.1 Å². The highest BCUT2D eigenvalue weighted by molar-refractivity contribution is 6.30. The number of hydrogen-bond donors (Lipinski definition) is 1. The summed E-state index contributed by atoms with van der Waals surface area (Å²) in [7, 11) is 1.37. The number of allylic oxidation sites excluding steroid dienone is 1. The Bertz CT molecular complexity index is 763. The number of rotatable bonds is 6. The molecule has 0 bridgehead atoms. The second kappa shape index (κ2) is 8.45. The first kappa shape index (κ1) is 19.3. The maximum atomic E-state index is 11.8. The predicted molar refractivity (Wildman–Crippen MR) is 103 cm³/mol. The first-order valence-corrected chi connectivity index (χ1v) is 8.98. The van der Waals surface area contributed by atoms with E-state index in [0.717, 1.165) is 41.3 Å². The molecule has 27 heavy (non-hydrogen) atoms. The van der Waals surface area contributed by atoms with Gasteiger partial charge in [0.05, 0.1) is 7.11 Å². The standard InChI is InChI=1S/C19H22ClN3O4/c1-13-7-9-22(15-5-3-14(20)4-6-15)10-8-17(13)26-12-18-16(11-21)23(25-2)19(24)27-18/h3-6,8,10-11,16,18,21H,7,9,12H2,1-2H3. The molecule has 0 spiro atoms. The average Bonchev–Trinajstić information content (AvgIpc) is 2.86. The van der Waals surface area contributed by atoms with E-state index in [1.165, 1.54) is 7.11 Å². The first-order chi connectivity index (χ1) is 13.0. The number of hydrogen-bond acceptors (Lipinski definition) is 6. The highest BCUT2D eigenvalue weighted by atomic mass is 35.5. The normalized spacial score (nSPS) is 22.7. The number of cyclic esters (lactones) is 1. The van der Waals surface area contributed by atoms with Crippen molar-refractivity contribution in [2.45, 2.75) is 25.5 Å². The lowest BCUT2D eigenvalue weighted by Crippen LogP contribution is -2.38. The van der Waals surface area contributed by atoms with Crippen molar-refractivity contribution in [1.29, 1.82) is 5.41 Å². The molecule has 1 N–H and O–H groups in total. The van der Waals surface area contributed by atoms with Gasteiger partial charge in [-0.05, 0) is 49.3 Å². The van der Waals surface area contributed by atoms with Gasteiger partial charge < -0.3 is 19.8 Å². The van der Waals surface area contributed by atoms with Crippen LogP contribution in [0.4, 0.5) is 10.5 Å². The van der Waals surface area contributed by atoms with Crippen LogP contribution in [0.1, 0.15) is 13.3 Å². The number of amides is 1. The Kier molecular flexibility index (Phi) is 6.03. The molecule has 1 aromatic carbocycles. The predicted octanol–water partition coefficient (Wildman–Crippen LogP) is 3.75. The number of hydroxylamine groups is 2. The quantitative estimate of drug-likeness (QED) is 0.747. The van der Waals surface area contributed by atoms with Crippen LogP contribution in [0.5, 0.6) is 0 Å². The molecule has 2 aliphatic rings. The van der Waals surface area contributed by atoms with Gasteiger partial charge in [0.2, 0.25) is 0 Å². The summed E-state index contributed by atoms with van der Waals surface area (Å²) in [4.78, 5) is 18.9. The van der Waals surface area contributed by atoms with Crippen molar-refractivity contribution in [2.24, 2.45) is 0 Å². The summed E-state index contributed by atoms with van der Waals surface area (Å²) in [5.41, 5.74) is 2.15. The molecular formula is C19H22ClN3O4. The summed E-state index contributed by atoms with van der Waals surface area (Å²) in [5.74, 6) is 0.738. The summed E-state index contributed by atoms with van der Waals surface area (Å²) < 4.78 is 11.2. The van der Waals surface area contributed by atoms with Gasteiger partial charge in [0, 0.05) is 29.7 Å². The maximum absolute atomic E-state index is 11.8. The van der Waals surface area contributed by atoms with Crippen LogP contribution in [0.3, 0.4) is 0 Å². The van der Waals surface area contributed by atoms with E-state index in [-0.39, 0.29) is 6.61 Å². The number of halogens is 1. The van der Waals surface area contributed by atoms with Crippen LogP contribution < -0.4 is 4.90 Å². The summed E-state index contributed by atoms with van der Waals surface area (Å²) in [5, 5.41) is 9.25. The van der Waals surface area contributed by atoms with Gasteiger partial charge in [0.25, 0.3) is 0 Å².